The van der Waals surface area contributed by atoms with E-state index in [-0.39, 0.29) is 14.6 Å². The summed E-state index contributed by atoms with van der Waals surface area (Å²) >= 11 is 0. The van der Waals surface area contributed by atoms with Crippen molar-refractivity contribution in [1.29, 1.82) is 1.43 Å². The number of nitrogens with one attached hydrogen (secondary N) is 2. The van der Waals surface area contributed by atoms with E-state index in [1.807, 2.05) is 0 Å². The third kappa shape index (κ3) is 3.97. The summed E-state index contributed by atoms with van der Waals surface area (Å²) in [5, 5.41) is 10.7. The Kier molecular flexibility index (Phi) is 2.06. The number of pyridine rings is 1. The maximum Gasteiger partial charge on any atom is 0.293 e. The summed E-state index contributed by atoms with van der Waals surface area (Å²) in [7, 11) is 0. The van der Waals surface area contributed by atoms with Gasteiger partial charge in [-0.2, -0.15) is 0 Å². The molecule has 1 fully saturated rings. The lowest BCUT2D eigenvalue weighted by Gasteiger charge is -2.30. The van der Waals surface area contributed by atoms with E-state index in [0.29, 0.717) is 6.92 Å². The maximum atomic E-state index is 13.6. The molecule has 1 amide bonds. The fraction of sp³-hybridized carbons (Fsp3) is 0.667. The van der Waals surface area contributed by atoms with Crippen molar-refractivity contribution in [3.05, 3.63) is 15.9 Å². The molecule has 0 aliphatic carbocycles. The monoisotopic (exact) mass is 394 g/mol. The van der Waals surface area contributed by atoms with Crippen LogP contribution in [0.3, 0.4) is 0 Å². The summed E-state index contributed by atoms with van der Waals surface area (Å²) < 4.78 is 145. The van der Waals surface area contributed by atoms with Crippen LogP contribution in [0.15, 0.2) is 4.79 Å². The lowest BCUT2D eigenvalue weighted by atomic mass is 10.0. The van der Waals surface area contributed by atoms with Crippen molar-refractivity contribution in [3.63, 3.8) is 0 Å². The highest BCUT2D eigenvalue weighted by molar-refractivity contribution is 6.00. The molecule has 3 N–H and O–H groups in total. The van der Waals surface area contributed by atoms with Gasteiger partial charge in [0.15, 0.2) is 19.7 Å². The standard InChI is InChI=1S/C18H28N6O3/c1-11(2)24-16-14(20-22-21-16)15(25)13(18(24)27)17(26)19-7-5-9-23-8-4-6-12(3)10-23/h11-12,25H,4-10H2,1-3H3,(H,19,26)(H,20,21,22)/i1D3,4D2,6D2,7D2,8D2,10D2,11D,12D/hD3. The summed E-state index contributed by atoms with van der Waals surface area (Å²) in [6, 6.07) is -2.93. The molecule has 1 aliphatic rings. The predicted octanol–water partition coefficient (Wildman–Crippen LogP) is 1.26. The molecule has 9 nitrogen and oxygen atoms in total. The van der Waals surface area contributed by atoms with Gasteiger partial charge in [-0.05, 0) is 51.9 Å². The number of nitrogens with zero attached hydrogens (tertiary/aromatic N) is 4. The van der Waals surface area contributed by atoms with E-state index >= 15 is 0 Å². The van der Waals surface area contributed by atoms with Crippen molar-refractivity contribution in [1.82, 2.24) is 30.2 Å². The Bertz CT molecular complexity index is 1530. The molecule has 0 radical (unpaired) electrons. The van der Waals surface area contributed by atoms with E-state index in [1.54, 1.807) is 0 Å². The Morgan fingerprint density at radius 1 is 1.81 bits per heavy atom. The number of hydrogen-bond donors (Lipinski definition) is 3. The summed E-state index contributed by atoms with van der Waals surface area (Å²) in [5.41, 5.74) is -4.63. The number of aromatic nitrogens is 4. The summed E-state index contributed by atoms with van der Waals surface area (Å²) in [6.07, 6.45) is -8.14. The lowest BCUT2D eigenvalue weighted by Crippen LogP contribution is -2.38. The molecule has 2 aromatic rings. The molecule has 3 heterocycles. The van der Waals surface area contributed by atoms with Crippen LogP contribution in [0.1, 0.15) is 76.8 Å². The van der Waals surface area contributed by atoms with Gasteiger partial charge < -0.3 is 15.3 Å². The van der Waals surface area contributed by atoms with Crippen LogP contribution in [-0.2, 0) is 0 Å². The van der Waals surface area contributed by atoms with Gasteiger partial charge >= 0.3 is 0 Å². The minimum Gasteiger partial charge on any atom is -0.505 e. The number of carbonyl (C=O) groups is 1. The van der Waals surface area contributed by atoms with Crippen molar-refractivity contribution < 1.29 is 33.3 Å². The Balaban J connectivity index is 2.13. The molecule has 1 saturated heterocycles. The van der Waals surface area contributed by atoms with Gasteiger partial charge in [-0.1, -0.05) is 12.1 Å². The van der Waals surface area contributed by atoms with Crippen molar-refractivity contribution in [2.24, 2.45) is 5.89 Å². The number of rotatable bonds is 7. The second kappa shape index (κ2) is 8.08. The summed E-state index contributed by atoms with van der Waals surface area (Å²) in [5.74, 6) is -5.95. The zero-order valence-electron chi connectivity index (χ0n) is 32.3. The Labute approximate surface area is 183 Å². The quantitative estimate of drug-likeness (QED) is 0.651. The van der Waals surface area contributed by atoms with Crippen molar-refractivity contribution >= 4 is 17.1 Å². The highest BCUT2D eigenvalue weighted by Crippen LogP contribution is 2.24. The number of likely N-dealkylation sites (tertiary alicyclic amines) is 1. The molecule has 0 bridgehead atoms. The van der Waals surface area contributed by atoms with E-state index in [1.165, 1.54) is 0 Å². The molecule has 27 heavy (non-hydrogen) atoms. The van der Waals surface area contributed by atoms with Crippen LogP contribution in [-0.4, -0.2) is 63.4 Å². The van der Waals surface area contributed by atoms with Gasteiger partial charge in [0.1, 0.15) is 5.56 Å². The number of fused-ring (bicyclic) bond motifs is 1. The molecule has 2 atom stereocenters. The van der Waals surface area contributed by atoms with Crippen LogP contribution in [0.2, 0.25) is 2.82 Å². The minimum atomic E-state index is -3.53. The fourth-order valence-corrected chi connectivity index (χ4v) is 2.33. The number of piperidine rings is 1. The molecule has 1 aliphatic heterocycles. The first kappa shape index (κ1) is 6.88. The van der Waals surface area contributed by atoms with Gasteiger partial charge in [0.2, 0.25) is 0 Å². The van der Waals surface area contributed by atoms with E-state index in [4.69, 9.17) is 24.8 Å². The topological polar surface area (TPSA) is 116 Å². The van der Waals surface area contributed by atoms with Crippen LogP contribution in [0.5, 0.6) is 5.75 Å². The number of carbonyl (C=O) groups excluding carboxylic acids is 1. The minimum absolute atomic E-state index is 0.0658. The SMILES string of the molecule is [2H]Oc1c(C(=O)N([2H])C([2H])([2H])CCN2C([2H])([2H])C([2H])([2H])C([2H])([2H])C([2H])(C)C2([2H])[2H])c(=O)n(C([2H])(C)C([2H])([2H])[2H])c2c1nnn2[2H]. The van der Waals surface area contributed by atoms with E-state index in [0.717, 1.165) is 6.92 Å². The Morgan fingerprint density at radius 3 is 3.44 bits per heavy atom. The summed E-state index contributed by atoms with van der Waals surface area (Å²) in [4.78, 5) is 27.1. The second-order valence-corrected chi connectivity index (χ2v) is 5.47. The van der Waals surface area contributed by atoms with Gasteiger partial charge in [0, 0.05) is 38.2 Å². The predicted molar refractivity (Wildman–Crippen MR) is 102 cm³/mol. The normalized spacial score (nSPS) is 41.3. The highest BCUT2D eigenvalue weighted by Gasteiger charge is 2.25. The lowest BCUT2D eigenvalue weighted by molar-refractivity contribution is 0.0945. The number of aromatic amines is 1. The molecule has 0 aromatic carbocycles. The largest absolute Gasteiger partial charge is 0.505 e. The fourth-order valence-electron chi connectivity index (χ4n) is 2.33. The molecule has 2 aromatic heterocycles. The zero-order valence-corrected chi connectivity index (χ0v) is 14.3. The van der Waals surface area contributed by atoms with Crippen molar-refractivity contribution in [2.45, 2.75) is 45.9 Å². The van der Waals surface area contributed by atoms with Crippen LogP contribution >= 0.6 is 0 Å². The Hall–Kier alpha value is -2.42. The third-order valence-electron chi connectivity index (χ3n) is 3.49. The smallest absolute Gasteiger partial charge is 0.293 e. The molecule has 9 heteroatoms. The van der Waals surface area contributed by atoms with Gasteiger partial charge in [0.25, 0.3) is 12.9 Å². The third-order valence-corrected chi connectivity index (χ3v) is 3.49. The van der Waals surface area contributed by atoms with Gasteiger partial charge in [-0.15, -0.1) is 5.10 Å². The molecular formula is C18H28N6O3. The average molecular weight is 395 g/mol. The zero-order chi connectivity index (χ0) is 35.3. The van der Waals surface area contributed by atoms with Crippen molar-refractivity contribution in [2.75, 3.05) is 26.0 Å². The molecular weight excluding hydrogens is 348 g/mol. The number of aromatic hydroxyl groups is 1. The second-order valence-electron chi connectivity index (χ2n) is 5.47. The summed E-state index contributed by atoms with van der Waals surface area (Å²) in [6.45, 7) is -13.1. The number of amides is 1. The first-order valence-corrected chi connectivity index (χ1v) is 7.69. The Morgan fingerprint density at radius 2 is 2.67 bits per heavy atom. The van der Waals surface area contributed by atoms with E-state index < -0.39 is 103 Å². The van der Waals surface area contributed by atoms with E-state index in [9.17, 15) is 9.59 Å². The van der Waals surface area contributed by atoms with Crippen LogP contribution in [0, 0.1) is 5.89 Å². The number of hydrogen-bond acceptors (Lipinski definition) is 6. The van der Waals surface area contributed by atoms with Gasteiger partial charge in [-0.3, -0.25) is 14.2 Å². The first-order valence-electron chi connectivity index (χ1n) is 16.5. The molecule has 0 saturated carbocycles. The highest BCUT2D eigenvalue weighted by atomic mass is 16.3. The first-order chi connectivity index (χ1) is 19.9. The average Bonchev–Trinajstić information content (AvgIpc) is 3.25. The van der Waals surface area contributed by atoms with Gasteiger partial charge in [-0.25, -0.2) is 5.09 Å². The van der Waals surface area contributed by atoms with E-state index in [2.05, 4.69) is 15.4 Å². The van der Waals surface area contributed by atoms with Crippen LogP contribution < -0.4 is 10.9 Å². The molecule has 3 rings (SSSR count). The van der Waals surface area contributed by atoms with Crippen LogP contribution in [0.4, 0.5) is 0 Å². The molecule has 0 spiro atoms. The van der Waals surface area contributed by atoms with Crippen molar-refractivity contribution in [3.8, 4) is 5.75 Å². The maximum absolute atomic E-state index is 13.6. The molecule has 2 unspecified atom stereocenters. The molecule has 148 valence electrons. The number of H-pyrrole nitrogens is 1. The van der Waals surface area contributed by atoms with Crippen LogP contribution in [0.25, 0.3) is 11.2 Å². The van der Waals surface area contributed by atoms with Gasteiger partial charge in [0.05, 0.1) is 1.37 Å².